The molecule has 0 radical (unpaired) electrons. The molecular weight excluding hydrogens is 349 g/mol. The van der Waals surface area contributed by atoms with Crippen LogP contribution in [0.25, 0.3) is 5.69 Å². The summed E-state index contributed by atoms with van der Waals surface area (Å²) < 4.78 is 1.69. The zero-order valence-corrected chi connectivity index (χ0v) is 15.7. The summed E-state index contributed by atoms with van der Waals surface area (Å²) in [6, 6.07) is 5.35. The molecule has 8 heteroatoms. The summed E-state index contributed by atoms with van der Waals surface area (Å²) in [5.41, 5.74) is 6.56. The van der Waals surface area contributed by atoms with Crippen LogP contribution in [-0.2, 0) is 0 Å². The van der Waals surface area contributed by atoms with Crippen molar-refractivity contribution in [2.24, 2.45) is 11.7 Å². The van der Waals surface area contributed by atoms with Gasteiger partial charge in [-0.15, -0.1) is 24.8 Å². The molecule has 0 aliphatic rings. The molecule has 0 fully saturated rings. The molecule has 0 bridgehead atoms. The molecule has 1 atom stereocenters. The minimum Gasteiger partial charge on any atom is -0.344 e. The van der Waals surface area contributed by atoms with Crippen LogP contribution in [0, 0.1) is 5.92 Å². The van der Waals surface area contributed by atoms with Crippen LogP contribution in [0.3, 0.4) is 0 Å². The first-order valence-electron chi connectivity index (χ1n) is 7.42. The lowest BCUT2D eigenvalue weighted by Crippen LogP contribution is -2.52. The van der Waals surface area contributed by atoms with Crippen LogP contribution in [0.4, 0.5) is 0 Å². The number of carbonyl (C=O) groups excluding carboxylic acids is 1. The summed E-state index contributed by atoms with van der Waals surface area (Å²) in [5, 5.41) is 7.16. The van der Waals surface area contributed by atoms with Gasteiger partial charge in [-0.25, -0.2) is 4.68 Å². The van der Waals surface area contributed by atoms with E-state index in [0.717, 1.165) is 12.1 Å². The van der Waals surface area contributed by atoms with Crippen LogP contribution >= 0.6 is 24.8 Å². The number of hydrogen-bond donors (Lipinski definition) is 2. The normalized spacial score (nSPS) is 12.7. The average molecular weight is 374 g/mol. The molecule has 0 saturated heterocycles. The van der Waals surface area contributed by atoms with E-state index in [1.165, 1.54) is 0 Å². The molecule has 0 aliphatic carbocycles. The van der Waals surface area contributed by atoms with E-state index < -0.39 is 5.54 Å². The summed E-state index contributed by atoms with van der Waals surface area (Å²) >= 11 is 0. The second-order valence-electron chi connectivity index (χ2n) is 6.17. The van der Waals surface area contributed by atoms with Crippen molar-refractivity contribution < 1.29 is 4.79 Å². The van der Waals surface area contributed by atoms with Gasteiger partial charge >= 0.3 is 0 Å². The number of nitrogens with one attached hydrogen (secondary N) is 1. The summed E-state index contributed by atoms with van der Waals surface area (Å²) in [5.74, 6) is 0.222. The van der Waals surface area contributed by atoms with Gasteiger partial charge in [0.1, 0.15) is 5.69 Å². The Bertz CT molecular complexity index is 633. The van der Waals surface area contributed by atoms with Crippen LogP contribution in [-0.4, -0.2) is 32.8 Å². The number of nitrogens with zero attached hydrogens (tertiary/aromatic N) is 3. The van der Waals surface area contributed by atoms with Crippen molar-refractivity contribution in [3.8, 4) is 5.69 Å². The Hall–Kier alpha value is -1.63. The lowest BCUT2D eigenvalue weighted by atomic mass is 9.90. The lowest BCUT2D eigenvalue weighted by molar-refractivity contribution is 0.0893. The Morgan fingerprint density at radius 1 is 1.38 bits per heavy atom. The number of nitrogens with two attached hydrogens (primary N) is 1. The quantitative estimate of drug-likeness (QED) is 0.814. The van der Waals surface area contributed by atoms with E-state index in [-0.39, 0.29) is 30.7 Å². The van der Waals surface area contributed by atoms with Gasteiger partial charge in [0.05, 0.1) is 11.2 Å². The molecule has 0 aliphatic heterocycles. The molecule has 2 heterocycles. The van der Waals surface area contributed by atoms with Crippen LogP contribution in [0.2, 0.25) is 0 Å². The Balaban J connectivity index is 0.00000264. The van der Waals surface area contributed by atoms with Crippen LogP contribution in [0.1, 0.15) is 37.7 Å². The highest BCUT2D eigenvalue weighted by atomic mass is 35.5. The van der Waals surface area contributed by atoms with Gasteiger partial charge in [0, 0.05) is 25.1 Å². The standard InChI is InChI=1S/C16H23N5O.2ClH/c1-12(2)10-16(3,11-17)20-15(22)14-9-13(5-7-18-14)21-8-4-6-19-21;;/h4-9,12H,10-11,17H2,1-3H3,(H,20,22);2*1H. The minimum absolute atomic E-state index is 0. The molecule has 2 aromatic rings. The first-order chi connectivity index (χ1) is 10.4. The highest BCUT2D eigenvalue weighted by molar-refractivity contribution is 5.93. The Morgan fingerprint density at radius 2 is 2.08 bits per heavy atom. The second-order valence-corrected chi connectivity index (χ2v) is 6.17. The van der Waals surface area contributed by atoms with E-state index in [2.05, 4.69) is 29.2 Å². The van der Waals surface area contributed by atoms with Crippen molar-refractivity contribution >= 4 is 30.7 Å². The monoisotopic (exact) mass is 373 g/mol. The summed E-state index contributed by atoms with van der Waals surface area (Å²) in [7, 11) is 0. The molecule has 3 N–H and O–H groups in total. The predicted molar refractivity (Wildman–Crippen MR) is 100 cm³/mol. The number of amides is 1. The van der Waals surface area contributed by atoms with Crippen molar-refractivity contribution in [3.05, 3.63) is 42.5 Å². The van der Waals surface area contributed by atoms with Crippen LogP contribution in [0.5, 0.6) is 0 Å². The molecule has 1 unspecified atom stereocenters. The number of carbonyl (C=O) groups is 1. The van der Waals surface area contributed by atoms with Gasteiger partial charge in [-0.1, -0.05) is 13.8 Å². The Labute approximate surface area is 155 Å². The highest BCUT2D eigenvalue weighted by Gasteiger charge is 2.26. The summed E-state index contributed by atoms with van der Waals surface area (Å²) in [6.45, 7) is 6.56. The van der Waals surface area contributed by atoms with E-state index in [1.807, 2.05) is 19.2 Å². The largest absolute Gasteiger partial charge is 0.344 e. The van der Waals surface area contributed by atoms with Crippen LogP contribution in [0.15, 0.2) is 36.8 Å². The van der Waals surface area contributed by atoms with Crippen molar-refractivity contribution in [2.45, 2.75) is 32.7 Å². The number of pyridine rings is 1. The smallest absolute Gasteiger partial charge is 0.270 e. The molecule has 2 rings (SSSR count). The number of hydrogen-bond acceptors (Lipinski definition) is 4. The topological polar surface area (TPSA) is 85.8 Å². The SMILES string of the molecule is CC(C)CC(C)(CN)NC(=O)c1cc(-n2cccn2)ccn1.Cl.Cl. The molecule has 1 amide bonds. The number of aromatic nitrogens is 3. The van der Waals surface area contributed by atoms with E-state index in [0.29, 0.717) is 18.2 Å². The zero-order valence-electron chi connectivity index (χ0n) is 14.1. The zero-order chi connectivity index (χ0) is 16.2. The average Bonchev–Trinajstić information content (AvgIpc) is 3.00. The fourth-order valence-corrected chi connectivity index (χ4v) is 2.53. The van der Waals surface area contributed by atoms with Gasteiger partial charge in [-0.3, -0.25) is 9.78 Å². The molecule has 0 saturated carbocycles. The second kappa shape index (κ2) is 9.61. The van der Waals surface area contributed by atoms with Gasteiger partial charge in [0.25, 0.3) is 5.91 Å². The van der Waals surface area contributed by atoms with E-state index in [4.69, 9.17) is 5.73 Å². The van der Waals surface area contributed by atoms with E-state index in [9.17, 15) is 4.79 Å². The maximum Gasteiger partial charge on any atom is 0.270 e. The molecule has 0 spiro atoms. The molecule has 2 aromatic heterocycles. The van der Waals surface area contributed by atoms with Crippen LogP contribution < -0.4 is 11.1 Å². The molecular formula is C16H25Cl2N5O. The van der Waals surface area contributed by atoms with Gasteiger partial charge < -0.3 is 11.1 Å². The Morgan fingerprint density at radius 3 is 2.62 bits per heavy atom. The fourth-order valence-electron chi connectivity index (χ4n) is 2.53. The molecule has 134 valence electrons. The van der Waals surface area contributed by atoms with Crippen molar-refractivity contribution in [1.82, 2.24) is 20.1 Å². The van der Waals surface area contributed by atoms with E-state index in [1.54, 1.807) is 29.2 Å². The van der Waals surface area contributed by atoms with Crippen molar-refractivity contribution in [3.63, 3.8) is 0 Å². The van der Waals surface area contributed by atoms with Crippen molar-refractivity contribution in [1.29, 1.82) is 0 Å². The number of rotatable bonds is 6. The number of halogens is 2. The maximum absolute atomic E-state index is 12.5. The van der Waals surface area contributed by atoms with E-state index >= 15 is 0 Å². The van der Waals surface area contributed by atoms with Crippen molar-refractivity contribution in [2.75, 3.05) is 6.54 Å². The van der Waals surface area contributed by atoms with Gasteiger partial charge in [-0.2, -0.15) is 5.10 Å². The third-order valence-corrected chi connectivity index (χ3v) is 3.47. The fraction of sp³-hybridized carbons (Fsp3) is 0.438. The predicted octanol–water partition coefficient (Wildman–Crippen LogP) is 2.60. The minimum atomic E-state index is -0.436. The third-order valence-electron chi connectivity index (χ3n) is 3.47. The summed E-state index contributed by atoms with van der Waals surface area (Å²) in [4.78, 5) is 16.6. The molecule has 0 aromatic carbocycles. The molecule has 6 nitrogen and oxygen atoms in total. The maximum atomic E-state index is 12.5. The highest BCUT2D eigenvalue weighted by Crippen LogP contribution is 2.16. The summed E-state index contributed by atoms with van der Waals surface area (Å²) in [6.07, 6.45) is 5.93. The van der Waals surface area contributed by atoms with Gasteiger partial charge in [-0.05, 0) is 37.5 Å². The molecule has 24 heavy (non-hydrogen) atoms. The lowest BCUT2D eigenvalue weighted by Gasteiger charge is -2.31. The van der Waals surface area contributed by atoms with Gasteiger partial charge in [0.15, 0.2) is 0 Å². The van der Waals surface area contributed by atoms with Gasteiger partial charge in [0.2, 0.25) is 0 Å². The third kappa shape index (κ3) is 5.78. The Kier molecular flexibility index (Phi) is 8.96. The first kappa shape index (κ1) is 22.4. The first-order valence-corrected chi connectivity index (χ1v) is 7.42.